The number of carbonyl (C=O) groups excluding carboxylic acids is 1. The quantitative estimate of drug-likeness (QED) is 0.925. The lowest BCUT2D eigenvalue weighted by Crippen LogP contribution is -2.39. The number of nitrogens with one attached hydrogen (secondary N) is 1. The maximum absolute atomic E-state index is 13.0. The van der Waals surface area contributed by atoms with Crippen LogP contribution in [0.3, 0.4) is 0 Å². The highest BCUT2D eigenvalue weighted by molar-refractivity contribution is 7.07. The van der Waals surface area contributed by atoms with Gasteiger partial charge >= 0.3 is 0 Å². The number of aryl methyl sites for hydroxylation is 1. The minimum absolute atomic E-state index is 0.0367. The number of aromatic nitrogens is 3. The number of rotatable bonds is 4. The van der Waals surface area contributed by atoms with E-state index in [0.29, 0.717) is 23.7 Å². The molecule has 1 amide bonds. The molecular formula is C16H21N5OS. The van der Waals surface area contributed by atoms with Crippen molar-refractivity contribution in [3.8, 4) is 0 Å². The van der Waals surface area contributed by atoms with Crippen molar-refractivity contribution in [1.82, 2.24) is 24.8 Å². The average Bonchev–Trinajstić information content (AvgIpc) is 2.98. The number of thiazole rings is 1. The number of hydrogen-bond acceptors (Lipinski definition) is 5. The van der Waals surface area contributed by atoms with Crippen molar-refractivity contribution in [3.05, 3.63) is 34.8 Å². The zero-order valence-corrected chi connectivity index (χ0v) is 14.1. The first-order chi connectivity index (χ1) is 11.2. The van der Waals surface area contributed by atoms with Gasteiger partial charge in [-0.05, 0) is 37.8 Å². The molecule has 1 N–H and O–H groups in total. The van der Waals surface area contributed by atoms with E-state index in [-0.39, 0.29) is 5.91 Å². The molecule has 23 heavy (non-hydrogen) atoms. The monoisotopic (exact) mass is 331 g/mol. The molecule has 2 aromatic heterocycles. The highest BCUT2D eigenvalue weighted by atomic mass is 32.1. The fourth-order valence-electron chi connectivity index (χ4n) is 3.72. The summed E-state index contributed by atoms with van der Waals surface area (Å²) < 4.78 is 1.98. The summed E-state index contributed by atoms with van der Waals surface area (Å²) in [6, 6.07) is 0.315. The summed E-state index contributed by atoms with van der Waals surface area (Å²) in [5, 5.41) is 5.26. The molecule has 0 bridgehead atoms. The van der Waals surface area contributed by atoms with Gasteiger partial charge in [-0.15, -0.1) is 11.3 Å². The lowest BCUT2D eigenvalue weighted by molar-refractivity contribution is 0.0680. The van der Waals surface area contributed by atoms with E-state index in [0.717, 1.165) is 38.2 Å². The summed E-state index contributed by atoms with van der Waals surface area (Å²) in [6.07, 6.45) is 7.12. The van der Waals surface area contributed by atoms with Gasteiger partial charge in [-0.2, -0.15) is 0 Å². The van der Waals surface area contributed by atoms with Crippen LogP contribution in [0.2, 0.25) is 0 Å². The van der Waals surface area contributed by atoms with E-state index in [2.05, 4.69) is 15.3 Å². The van der Waals surface area contributed by atoms with Crippen LogP contribution in [-0.4, -0.2) is 44.5 Å². The van der Waals surface area contributed by atoms with Crippen LogP contribution in [0.25, 0.3) is 0 Å². The van der Waals surface area contributed by atoms with Crippen molar-refractivity contribution in [2.45, 2.75) is 31.8 Å². The SMILES string of the molecule is Cn1ccnc1CN(C(=O)c1cscn1)C1CC12CCNCC2. The molecule has 1 aliphatic heterocycles. The van der Waals surface area contributed by atoms with Crippen molar-refractivity contribution in [2.75, 3.05) is 13.1 Å². The summed E-state index contributed by atoms with van der Waals surface area (Å²) >= 11 is 1.47. The van der Waals surface area contributed by atoms with Gasteiger partial charge in [0.05, 0.1) is 12.1 Å². The summed E-state index contributed by atoms with van der Waals surface area (Å²) in [5.41, 5.74) is 2.58. The largest absolute Gasteiger partial charge is 0.337 e. The first-order valence-corrected chi connectivity index (χ1v) is 9.00. The summed E-state index contributed by atoms with van der Waals surface area (Å²) in [7, 11) is 1.97. The van der Waals surface area contributed by atoms with Crippen LogP contribution in [0.4, 0.5) is 0 Å². The van der Waals surface area contributed by atoms with E-state index in [1.807, 2.05) is 28.1 Å². The van der Waals surface area contributed by atoms with Crippen molar-refractivity contribution in [1.29, 1.82) is 0 Å². The predicted molar refractivity (Wildman–Crippen MR) is 88.1 cm³/mol. The molecule has 3 heterocycles. The van der Waals surface area contributed by atoms with E-state index >= 15 is 0 Å². The molecule has 2 aromatic rings. The summed E-state index contributed by atoms with van der Waals surface area (Å²) in [4.78, 5) is 23.6. The Morgan fingerprint density at radius 3 is 2.96 bits per heavy atom. The van der Waals surface area contributed by atoms with Gasteiger partial charge in [-0.25, -0.2) is 9.97 Å². The Morgan fingerprint density at radius 1 is 1.48 bits per heavy atom. The van der Waals surface area contributed by atoms with Gasteiger partial charge in [-0.1, -0.05) is 0 Å². The van der Waals surface area contributed by atoms with E-state index in [1.54, 1.807) is 11.7 Å². The smallest absolute Gasteiger partial charge is 0.273 e. The topological polar surface area (TPSA) is 63.1 Å². The Labute approximate surface area is 139 Å². The fourth-order valence-corrected chi connectivity index (χ4v) is 4.24. The Hall–Kier alpha value is -1.73. The average molecular weight is 331 g/mol. The van der Waals surface area contributed by atoms with E-state index in [9.17, 15) is 4.79 Å². The summed E-state index contributed by atoms with van der Waals surface area (Å²) in [6.45, 7) is 2.66. The standard InChI is InChI=1S/C16H21N5OS/c1-20-7-6-18-14(20)9-21(15(22)12-10-23-11-19-12)13-8-16(13)2-4-17-5-3-16/h6-7,10-11,13,17H,2-5,8-9H2,1H3. The van der Waals surface area contributed by atoms with Crippen LogP contribution in [0.5, 0.6) is 0 Å². The number of amides is 1. The molecule has 2 aliphatic rings. The molecule has 1 saturated heterocycles. The van der Waals surface area contributed by atoms with Crippen LogP contribution < -0.4 is 5.32 Å². The van der Waals surface area contributed by atoms with Crippen LogP contribution in [0.1, 0.15) is 35.6 Å². The van der Waals surface area contributed by atoms with Crippen molar-refractivity contribution in [3.63, 3.8) is 0 Å². The third-order valence-electron chi connectivity index (χ3n) is 5.27. The van der Waals surface area contributed by atoms with Crippen LogP contribution in [-0.2, 0) is 13.6 Å². The minimum Gasteiger partial charge on any atom is -0.337 e. The molecule has 1 aliphatic carbocycles. The van der Waals surface area contributed by atoms with Crippen molar-refractivity contribution < 1.29 is 4.79 Å². The Balaban J connectivity index is 1.59. The Bertz CT molecular complexity index is 689. The molecule has 122 valence electrons. The number of nitrogens with zero attached hydrogens (tertiary/aromatic N) is 4. The molecule has 0 aromatic carbocycles. The van der Waals surface area contributed by atoms with Crippen LogP contribution in [0, 0.1) is 5.41 Å². The normalized spacial score (nSPS) is 22.2. The molecule has 1 unspecified atom stereocenters. The number of piperidine rings is 1. The number of imidazole rings is 1. The van der Waals surface area contributed by atoms with Gasteiger partial charge in [0.1, 0.15) is 11.5 Å². The molecule has 4 rings (SSSR count). The minimum atomic E-state index is 0.0367. The van der Waals surface area contributed by atoms with E-state index in [1.165, 1.54) is 11.3 Å². The molecular weight excluding hydrogens is 310 g/mol. The lowest BCUT2D eigenvalue weighted by atomic mass is 9.93. The fraction of sp³-hybridized carbons (Fsp3) is 0.562. The predicted octanol–water partition coefficient (Wildman–Crippen LogP) is 1.66. The third kappa shape index (κ3) is 2.68. The molecule has 7 heteroatoms. The highest BCUT2D eigenvalue weighted by Crippen LogP contribution is 2.56. The Kier molecular flexibility index (Phi) is 3.69. The molecule has 1 saturated carbocycles. The van der Waals surface area contributed by atoms with Gasteiger partial charge in [0.25, 0.3) is 5.91 Å². The van der Waals surface area contributed by atoms with Gasteiger partial charge in [0.2, 0.25) is 0 Å². The van der Waals surface area contributed by atoms with E-state index < -0.39 is 0 Å². The molecule has 1 atom stereocenters. The number of carbonyl (C=O) groups is 1. The highest BCUT2D eigenvalue weighted by Gasteiger charge is 2.58. The van der Waals surface area contributed by atoms with Crippen molar-refractivity contribution in [2.24, 2.45) is 12.5 Å². The first-order valence-electron chi connectivity index (χ1n) is 8.06. The van der Waals surface area contributed by atoms with Crippen LogP contribution in [0.15, 0.2) is 23.3 Å². The maximum Gasteiger partial charge on any atom is 0.273 e. The van der Waals surface area contributed by atoms with Crippen LogP contribution >= 0.6 is 11.3 Å². The zero-order chi connectivity index (χ0) is 15.9. The third-order valence-corrected chi connectivity index (χ3v) is 5.85. The second-order valence-electron chi connectivity index (χ2n) is 6.59. The van der Waals surface area contributed by atoms with Gasteiger partial charge < -0.3 is 14.8 Å². The molecule has 2 fully saturated rings. The van der Waals surface area contributed by atoms with E-state index in [4.69, 9.17) is 0 Å². The zero-order valence-electron chi connectivity index (χ0n) is 13.2. The van der Waals surface area contributed by atoms with Crippen molar-refractivity contribution >= 4 is 17.2 Å². The van der Waals surface area contributed by atoms with Gasteiger partial charge in [0, 0.05) is 30.9 Å². The molecule has 6 nitrogen and oxygen atoms in total. The van der Waals surface area contributed by atoms with Gasteiger partial charge in [0.15, 0.2) is 0 Å². The second kappa shape index (κ2) is 5.72. The molecule has 1 spiro atoms. The maximum atomic E-state index is 13.0. The van der Waals surface area contributed by atoms with Gasteiger partial charge in [-0.3, -0.25) is 4.79 Å². The first kappa shape index (κ1) is 14.8. The molecule has 0 radical (unpaired) electrons. The number of hydrogen-bond donors (Lipinski definition) is 1. The Morgan fingerprint density at radius 2 is 2.30 bits per heavy atom. The second-order valence-corrected chi connectivity index (χ2v) is 7.31. The lowest BCUT2D eigenvalue weighted by Gasteiger charge is -2.29. The summed E-state index contributed by atoms with van der Waals surface area (Å²) in [5.74, 6) is 0.958.